The summed E-state index contributed by atoms with van der Waals surface area (Å²) < 4.78 is 0. The van der Waals surface area contributed by atoms with E-state index in [-0.39, 0.29) is 29.9 Å². The van der Waals surface area contributed by atoms with Crippen LogP contribution in [0.3, 0.4) is 0 Å². The van der Waals surface area contributed by atoms with Crippen LogP contribution in [-0.2, 0) is 19.2 Å². The molecule has 0 bridgehead atoms. The van der Waals surface area contributed by atoms with Crippen molar-refractivity contribution in [1.82, 2.24) is 20.9 Å². The van der Waals surface area contributed by atoms with Crippen molar-refractivity contribution in [2.45, 2.75) is 37.8 Å². The molecule has 4 atom stereocenters. The minimum atomic E-state index is -1.42. The van der Waals surface area contributed by atoms with Crippen molar-refractivity contribution in [3.05, 3.63) is 30.1 Å². The fourth-order valence-electron chi connectivity index (χ4n) is 3.03. The lowest BCUT2D eigenvalue weighted by atomic mass is 9.98. The Kier molecular flexibility index (Phi) is 8.56. The number of rotatable bonds is 10. The molecule has 178 valence electrons. The summed E-state index contributed by atoms with van der Waals surface area (Å²) in [7, 11) is 0. The predicted octanol–water partition coefficient (Wildman–Crippen LogP) is -2.04. The molecular weight excluding hydrogens is 438 g/mol. The van der Waals surface area contributed by atoms with Gasteiger partial charge in [-0.2, -0.15) is 0 Å². The predicted molar refractivity (Wildman–Crippen MR) is 114 cm³/mol. The number of aliphatic carboxylic acids is 2. The Bertz CT molecular complexity index is 968. The Morgan fingerprint density at radius 3 is 2.52 bits per heavy atom. The standard InChI is InChI=1S/C19H25N7O7/c1-2-9-10(23-13(27)7-8-15(20)25-19(21)26-16(8)30)3-4-11(22-9)17(31)24-12(18(32)33)5-6-14(28)29/h2-4,8,12,15,19,25H,1,5-7,20-21H2,(H,23,27)(H,24,31)(H,26,30)(H,28,29)(H,32,33)/t8?,12-,15?,19?/m0/s1. The molecule has 3 amide bonds. The molecule has 0 spiro atoms. The molecule has 2 rings (SSSR count). The number of carboxylic acids is 2. The van der Waals surface area contributed by atoms with E-state index in [4.69, 9.17) is 16.6 Å². The number of aromatic nitrogens is 1. The zero-order valence-corrected chi connectivity index (χ0v) is 17.4. The molecule has 2 heterocycles. The molecule has 14 heteroatoms. The van der Waals surface area contributed by atoms with Gasteiger partial charge in [0.1, 0.15) is 18.0 Å². The second kappa shape index (κ2) is 11.1. The quantitative estimate of drug-likeness (QED) is 0.188. The van der Waals surface area contributed by atoms with Crippen LogP contribution in [0.4, 0.5) is 5.69 Å². The van der Waals surface area contributed by atoms with E-state index in [2.05, 4.69) is 32.8 Å². The minimum absolute atomic E-state index is 0.117. The molecule has 1 aromatic heterocycles. The van der Waals surface area contributed by atoms with Gasteiger partial charge in [-0.1, -0.05) is 6.58 Å². The summed E-state index contributed by atoms with van der Waals surface area (Å²) in [6, 6.07) is 1.18. The minimum Gasteiger partial charge on any atom is -0.481 e. The van der Waals surface area contributed by atoms with Crippen LogP contribution < -0.4 is 32.7 Å². The lowest BCUT2D eigenvalue weighted by Gasteiger charge is -2.33. The van der Waals surface area contributed by atoms with Crippen LogP contribution in [0.2, 0.25) is 0 Å². The summed E-state index contributed by atoms with van der Waals surface area (Å²) in [5, 5.41) is 27.8. The molecular formula is C19H25N7O7. The van der Waals surface area contributed by atoms with Crippen LogP contribution in [-0.4, -0.2) is 63.4 Å². The van der Waals surface area contributed by atoms with E-state index in [0.717, 1.165) is 0 Å². The molecule has 1 aliphatic rings. The second-order valence-corrected chi connectivity index (χ2v) is 7.17. The lowest BCUT2D eigenvalue weighted by Crippen LogP contribution is -2.67. The molecule has 3 unspecified atom stereocenters. The summed E-state index contributed by atoms with van der Waals surface area (Å²) in [6.45, 7) is 3.57. The monoisotopic (exact) mass is 463 g/mol. The lowest BCUT2D eigenvalue weighted by molar-refractivity contribution is -0.140. The van der Waals surface area contributed by atoms with Crippen molar-refractivity contribution in [2.24, 2.45) is 17.4 Å². The number of hydrogen-bond acceptors (Lipinski definition) is 9. The van der Waals surface area contributed by atoms with E-state index >= 15 is 0 Å². The molecule has 1 aliphatic heterocycles. The highest BCUT2D eigenvalue weighted by Crippen LogP contribution is 2.18. The van der Waals surface area contributed by atoms with Gasteiger partial charge in [-0.3, -0.25) is 30.2 Å². The Balaban J connectivity index is 2.07. The molecule has 0 radical (unpaired) electrons. The summed E-state index contributed by atoms with van der Waals surface area (Å²) in [6.07, 6.45) is -1.38. The van der Waals surface area contributed by atoms with Crippen LogP contribution in [0.25, 0.3) is 6.08 Å². The van der Waals surface area contributed by atoms with Crippen LogP contribution in [0, 0.1) is 5.92 Å². The SMILES string of the molecule is C=Cc1nc(C(=O)N[C@@H](CCC(=O)O)C(=O)O)ccc1NC(=O)CC1C(=O)NC(N)NC1N. The summed E-state index contributed by atoms with van der Waals surface area (Å²) in [4.78, 5) is 62.8. The Morgan fingerprint density at radius 1 is 1.24 bits per heavy atom. The van der Waals surface area contributed by atoms with Gasteiger partial charge in [0.05, 0.1) is 23.5 Å². The maximum Gasteiger partial charge on any atom is 0.326 e. The molecule has 14 nitrogen and oxygen atoms in total. The Hall–Kier alpha value is -3.88. The van der Waals surface area contributed by atoms with Crippen LogP contribution >= 0.6 is 0 Å². The van der Waals surface area contributed by atoms with Gasteiger partial charge in [-0.25, -0.2) is 9.78 Å². The van der Waals surface area contributed by atoms with Crippen molar-refractivity contribution in [3.63, 3.8) is 0 Å². The zero-order valence-electron chi connectivity index (χ0n) is 17.4. The van der Waals surface area contributed by atoms with Crippen molar-refractivity contribution in [2.75, 3.05) is 5.32 Å². The number of amides is 3. The van der Waals surface area contributed by atoms with Crippen LogP contribution in [0.1, 0.15) is 35.4 Å². The van der Waals surface area contributed by atoms with Gasteiger partial charge in [-0.15, -0.1) is 0 Å². The smallest absolute Gasteiger partial charge is 0.326 e. The summed E-state index contributed by atoms with van der Waals surface area (Å²) in [5.74, 6) is -5.33. The van der Waals surface area contributed by atoms with Crippen molar-refractivity contribution in [1.29, 1.82) is 0 Å². The first-order valence-corrected chi connectivity index (χ1v) is 9.78. The average Bonchev–Trinajstić information content (AvgIpc) is 2.73. The van der Waals surface area contributed by atoms with E-state index in [1.807, 2.05) is 0 Å². The third-order valence-electron chi connectivity index (χ3n) is 4.72. The van der Waals surface area contributed by atoms with Gasteiger partial charge < -0.3 is 31.9 Å². The third kappa shape index (κ3) is 7.06. The summed E-state index contributed by atoms with van der Waals surface area (Å²) >= 11 is 0. The molecule has 0 saturated carbocycles. The number of anilines is 1. The Morgan fingerprint density at radius 2 is 1.94 bits per heavy atom. The third-order valence-corrected chi connectivity index (χ3v) is 4.72. The number of nitrogens with zero attached hydrogens (tertiary/aromatic N) is 1. The van der Waals surface area contributed by atoms with Crippen LogP contribution in [0.5, 0.6) is 0 Å². The van der Waals surface area contributed by atoms with Crippen molar-refractivity contribution in [3.8, 4) is 0 Å². The topological polar surface area (TPSA) is 239 Å². The maximum atomic E-state index is 12.4. The molecule has 1 aromatic rings. The van der Waals surface area contributed by atoms with Gasteiger partial charge in [-0.05, 0) is 24.6 Å². The van der Waals surface area contributed by atoms with Gasteiger partial charge in [0.25, 0.3) is 5.91 Å². The zero-order chi connectivity index (χ0) is 24.7. The number of carbonyl (C=O) groups excluding carboxylic acids is 3. The highest BCUT2D eigenvalue weighted by atomic mass is 16.4. The van der Waals surface area contributed by atoms with E-state index < -0.39 is 60.5 Å². The molecule has 10 N–H and O–H groups in total. The number of nitrogens with one attached hydrogen (secondary N) is 4. The molecule has 0 aliphatic carbocycles. The fourth-order valence-corrected chi connectivity index (χ4v) is 3.03. The maximum absolute atomic E-state index is 12.4. The first-order chi connectivity index (χ1) is 15.5. The van der Waals surface area contributed by atoms with E-state index in [1.165, 1.54) is 18.2 Å². The molecule has 1 fully saturated rings. The fraction of sp³-hybridized carbons (Fsp3) is 0.368. The van der Waals surface area contributed by atoms with Gasteiger partial charge in [0.15, 0.2) is 0 Å². The Labute approximate surface area is 187 Å². The number of pyridine rings is 1. The van der Waals surface area contributed by atoms with Gasteiger partial charge >= 0.3 is 11.9 Å². The second-order valence-electron chi connectivity index (χ2n) is 7.17. The highest BCUT2D eigenvalue weighted by Gasteiger charge is 2.34. The molecule has 1 saturated heterocycles. The van der Waals surface area contributed by atoms with E-state index in [1.54, 1.807) is 0 Å². The van der Waals surface area contributed by atoms with E-state index in [9.17, 15) is 29.1 Å². The first kappa shape index (κ1) is 25.4. The van der Waals surface area contributed by atoms with Crippen LogP contribution in [0.15, 0.2) is 18.7 Å². The number of nitrogens with two attached hydrogens (primary N) is 2. The largest absolute Gasteiger partial charge is 0.481 e. The number of carbonyl (C=O) groups is 5. The highest BCUT2D eigenvalue weighted by molar-refractivity contribution is 5.98. The first-order valence-electron chi connectivity index (χ1n) is 9.78. The molecule has 33 heavy (non-hydrogen) atoms. The number of carboxylic acid groups (broad SMARTS) is 2. The van der Waals surface area contributed by atoms with Crippen molar-refractivity contribution < 1.29 is 34.2 Å². The van der Waals surface area contributed by atoms with Crippen molar-refractivity contribution >= 4 is 41.4 Å². The number of hydrogen-bond donors (Lipinski definition) is 8. The average molecular weight is 463 g/mol. The normalized spacial score (nSPS) is 20.8. The van der Waals surface area contributed by atoms with Gasteiger partial charge in [0.2, 0.25) is 11.8 Å². The van der Waals surface area contributed by atoms with E-state index in [0.29, 0.717) is 0 Å². The summed E-state index contributed by atoms with van der Waals surface area (Å²) in [5.41, 5.74) is 11.5. The molecule has 0 aromatic carbocycles. The van der Waals surface area contributed by atoms with Gasteiger partial charge in [0, 0.05) is 12.8 Å².